The van der Waals surface area contributed by atoms with E-state index in [4.69, 9.17) is 9.84 Å². The monoisotopic (exact) mass is 278 g/mol. The Kier molecular flexibility index (Phi) is 5.11. The fraction of sp³-hybridized carbons (Fsp3) is 0.455. The van der Waals surface area contributed by atoms with E-state index in [1.165, 1.54) is 18.3 Å². The Morgan fingerprint density at radius 1 is 1.47 bits per heavy atom. The van der Waals surface area contributed by atoms with Gasteiger partial charge >= 0.3 is 6.18 Å². The van der Waals surface area contributed by atoms with E-state index in [0.29, 0.717) is 10.6 Å². The van der Waals surface area contributed by atoms with Gasteiger partial charge in [0.1, 0.15) is 12.3 Å². The minimum atomic E-state index is -4.44. The number of alkyl halides is 3. The average Bonchev–Trinajstić information content (AvgIpc) is 2.34. The predicted molar refractivity (Wildman–Crippen MR) is 59.3 cm³/mol. The van der Waals surface area contributed by atoms with Crippen LogP contribution in [-0.2, 0) is 11.4 Å². The highest BCUT2D eigenvalue weighted by atomic mass is 19.4. The van der Waals surface area contributed by atoms with Crippen molar-refractivity contribution < 1.29 is 27.8 Å². The second kappa shape index (κ2) is 6.37. The lowest BCUT2D eigenvalue weighted by Gasteiger charge is -2.18. The van der Waals surface area contributed by atoms with Gasteiger partial charge in [-0.2, -0.15) is 13.2 Å². The zero-order valence-electron chi connectivity index (χ0n) is 10.1. The number of aliphatic hydroxyl groups excluding tert-OH is 1. The summed E-state index contributed by atoms with van der Waals surface area (Å²) in [7, 11) is 1.05. The van der Waals surface area contributed by atoms with Crippen LogP contribution in [0, 0.1) is 0 Å². The Bertz CT molecular complexity index is 420. The number of amides is 1. The summed E-state index contributed by atoms with van der Waals surface area (Å²) >= 11 is 0. The van der Waals surface area contributed by atoms with E-state index < -0.39 is 25.2 Å². The molecule has 0 atom stereocenters. The molecule has 0 aliphatic heterocycles. The van der Waals surface area contributed by atoms with E-state index in [-0.39, 0.29) is 12.4 Å². The van der Waals surface area contributed by atoms with Crippen LogP contribution in [0.15, 0.2) is 18.3 Å². The highest BCUT2D eigenvalue weighted by Gasteiger charge is 2.31. The molecule has 0 spiro atoms. The number of nitrogens with zero attached hydrogens (tertiary/aromatic N) is 2. The molecule has 0 unspecified atom stereocenters. The third kappa shape index (κ3) is 5.56. The van der Waals surface area contributed by atoms with Crippen LogP contribution in [-0.4, -0.2) is 47.3 Å². The molecule has 0 aromatic carbocycles. The summed E-state index contributed by atoms with van der Waals surface area (Å²) in [6, 6.07) is 2.95. The number of hydrogen-bond donors (Lipinski definition) is 1. The SMILES string of the molecule is CN(CC(F)(F)F)C(=O)COc1ccc(CO)nc1. The molecule has 1 amide bonds. The fourth-order valence-corrected chi connectivity index (χ4v) is 1.20. The summed E-state index contributed by atoms with van der Waals surface area (Å²) < 4.78 is 41.1. The van der Waals surface area contributed by atoms with Crippen molar-refractivity contribution in [2.75, 3.05) is 20.2 Å². The average molecular weight is 278 g/mol. The number of halogens is 3. The number of rotatable bonds is 5. The first-order chi connectivity index (χ1) is 8.81. The third-order valence-corrected chi connectivity index (χ3v) is 2.16. The summed E-state index contributed by atoms with van der Waals surface area (Å²) in [5, 5.41) is 8.76. The molecule has 1 rings (SSSR count). The fourth-order valence-electron chi connectivity index (χ4n) is 1.20. The lowest BCUT2D eigenvalue weighted by molar-refractivity contribution is -0.159. The number of carbonyl (C=O) groups excluding carboxylic acids is 1. The van der Waals surface area contributed by atoms with Gasteiger partial charge in [0.15, 0.2) is 6.61 Å². The molecular weight excluding hydrogens is 265 g/mol. The lowest BCUT2D eigenvalue weighted by Crippen LogP contribution is -2.38. The van der Waals surface area contributed by atoms with Crippen LogP contribution in [0.4, 0.5) is 13.2 Å². The quantitative estimate of drug-likeness (QED) is 0.872. The van der Waals surface area contributed by atoms with Gasteiger partial charge < -0.3 is 14.7 Å². The Hall–Kier alpha value is -1.83. The largest absolute Gasteiger partial charge is 0.482 e. The molecule has 0 radical (unpaired) electrons. The second-order valence-corrected chi connectivity index (χ2v) is 3.80. The van der Waals surface area contributed by atoms with Gasteiger partial charge in [-0.3, -0.25) is 9.78 Å². The maximum Gasteiger partial charge on any atom is 0.406 e. The van der Waals surface area contributed by atoms with Crippen molar-refractivity contribution in [3.05, 3.63) is 24.0 Å². The van der Waals surface area contributed by atoms with Crippen molar-refractivity contribution in [2.24, 2.45) is 0 Å². The molecule has 5 nitrogen and oxygen atoms in total. The molecule has 0 saturated carbocycles. The molecule has 0 fully saturated rings. The third-order valence-electron chi connectivity index (χ3n) is 2.16. The summed E-state index contributed by atoms with van der Waals surface area (Å²) in [6.45, 7) is -2.06. The number of aromatic nitrogens is 1. The zero-order chi connectivity index (χ0) is 14.5. The minimum Gasteiger partial charge on any atom is -0.482 e. The normalized spacial score (nSPS) is 11.2. The molecule has 1 aromatic heterocycles. The number of ether oxygens (including phenoxy) is 1. The molecular formula is C11H13F3N2O3. The van der Waals surface area contributed by atoms with E-state index in [9.17, 15) is 18.0 Å². The lowest BCUT2D eigenvalue weighted by atomic mass is 10.3. The van der Waals surface area contributed by atoms with E-state index in [2.05, 4.69) is 4.98 Å². The first-order valence-electron chi connectivity index (χ1n) is 5.31. The molecule has 0 saturated heterocycles. The van der Waals surface area contributed by atoms with Crippen LogP contribution in [0.3, 0.4) is 0 Å². The van der Waals surface area contributed by atoms with E-state index in [1.54, 1.807) is 0 Å². The maximum absolute atomic E-state index is 12.0. The summed E-state index contributed by atoms with van der Waals surface area (Å²) in [6.07, 6.45) is -3.16. The number of aliphatic hydroxyl groups is 1. The van der Waals surface area contributed by atoms with Crippen LogP contribution in [0.5, 0.6) is 5.75 Å². The van der Waals surface area contributed by atoms with Crippen molar-refractivity contribution >= 4 is 5.91 Å². The Labute approximate surface area is 107 Å². The molecule has 106 valence electrons. The van der Waals surface area contributed by atoms with Gasteiger partial charge in [0.2, 0.25) is 0 Å². The van der Waals surface area contributed by atoms with Crippen molar-refractivity contribution in [3.8, 4) is 5.75 Å². The first-order valence-corrected chi connectivity index (χ1v) is 5.31. The summed E-state index contributed by atoms with van der Waals surface area (Å²) in [5.41, 5.74) is 0.424. The van der Waals surface area contributed by atoms with E-state index in [1.807, 2.05) is 0 Å². The van der Waals surface area contributed by atoms with Gasteiger partial charge in [-0.15, -0.1) is 0 Å². The number of likely N-dealkylation sites (N-methyl/N-ethyl adjacent to an activating group) is 1. The smallest absolute Gasteiger partial charge is 0.406 e. The predicted octanol–water partition coefficient (Wildman–Crippen LogP) is 0.973. The molecule has 0 bridgehead atoms. The number of carbonyl (C=O) groups is 1. The summed E-state index contributed by atoms with van der Waals surface area (Å²) in [5.74, 6) is -0.547. The maximum atomic E-state index is 12.0. The van der Waals surface area contributed by atoms with Gasteiger partial charge in [-0.05, 0) is 12.1 Å². The van der Waals surface area contributed by atoms with Crippen molar-refractivity contribution in [1.29, 1.82) is 0 Å². The van der Waals surface area contributed by atoms with Gasteiger partial charge in [0, 0.05) is 7.05 Å². The second-order valence-electron chi connectivity index (χ2n) is 3.80. The number of hydrogen-bond acceptors (Lipinski definition) is 4. The van der Waals surface area contributed by atoms with E-state index in [0.717, 1.165) is 7.05 Å². The Morgan fingerprint density at radius 3 is 2.63 bits per heavy atom. The van der Waals surface area contributed by atoms with Crippen LogP contribution in [0.25, 0.3) is 0 Å². The van der Waals surface area contributed by atoms with Gasteiger partial charge in [0.05, 0.1) is 18.5 Å². The molecule has 1 aromatic rings. The minimum absolute atomic E-state index is 0.229. The Morgan fingerprint density at radius 2 is 2.16 bits per heavy atom. The van der Waals surface area contributed by atoms with Crippen molar-refractivity contribution in [2.45, 2.75) is 12.8 Å². The highest BCUT2D eigenvalue weighted by Crippen LogP contribution is 2.16. The van der Waals surface area contributed by atoms with E-state index >= 15 is 0 Å². The molecule has 19 heavy (non-hydrogen) atoms. The molecule has 1 heterocycles. The molecule has 0 aliphatic carbocycles. The van der Waals surface area contributed by atoms with Crippen LogP contribution < -0.4 is 4.74 Å². The zero-order valence-corrected chi connectivity index (χ0v) is 10.1. The number of pyridine rings is 1. The van der Waals surface area contributed by atoms with Crippen LogP contribution in [0.2, 0.25) is 0 Å². The van der Waals surface area contributed by atoms with Crippen molar-refractivity contribution in [3.63, 3.8) is 0 Å². The molecule has 8 heteroatoms. The highest BCUT2D eigenvalue weighted by molar-refractivity contribution is 5.77. The topological polar surface area (TPSA) is 62.7 Å². The molecule has 0 aliphatic rings. The van der Waals surface area contributed by atoms with Crippen LogP contribution in [0.1, 0.15) is 5.69 Å². The summed E-state index contributed by atoms with van der Waals surface area (Å²) in [4.78, 5) is 15.7. The Balaban J connectivity index is 2.45. The van der Waals surface area contributed by atoms with Gasteiger partial charge in [0.25, 0.3) is 5.91 Å². The van der Waals surface area contributed by atoms with Crippen LogP contribution >= 0.6 is 0 Å². The molecule has 1 N–H and O–H groups in total. The van der Waals surface area contributed by atoms with Gasteiger partial charge in [-0.1, -0.05) is 0 Å². The standard InChI is InChI=1S/C11H13F3N2O3/c1-16(7-11(12,13)14)10(18)6-19-9-3-2-8(5-17)15-4-9/h2-4,17H,5-7H2,1H3. The first kappa shape index (κ1) is 15.2. The van der Waals surface area contributed by atoms with Crippen molar-refractivity contribution in [1.82, 2.24) is 9.88 Å². The van der Waals surface area contributed by atoms with Gasteiger partial charge in [-0.25, -0.2) is 0 Å².